The topological polar surface area (TPSA) is 91.3 Å². The van der Waals surface area contributed by atoms with E-state index in [1.165, 1.54) is 0 Å². The van der Waals surface area contributed by atoms with Crippen molar-refractivity contribution in [3.05, 3.63) is 11.6 Å². The van der Waals surface area contributed by atoms with E-state index in [-0.39, 0.29) is 42.7 Å². The third-order valence-electron chi connectivity index (χ3n) is 11.1. The molecule has 0 spiro atoms. The maximum absolute atomic E-state index is 13.6. The monoisotopic (exact) mass is 502 g/mol. The van der Waals surface area contributed by atoms with Crippen molar-refractivity contribution in [3.8, 4) is 0 Å². The van der Waals surface area contributed by atoms with Crippen molar-refractivity contribution in [1.82, 2.24) is 0 Å². The van der Waals surface area contributed by atoms with E-state index in [1.807, 2.05) is 20.8 Å². The third kappa shape index (κ3) is 2.89. The highest BCUT2D eigenvalue weighted by atomic mass is 16.8. The molecular weight excluding hydrogens is 460 g/mol. The Labute approximate surface area is 214 Å². The smallest absolute Gasteiger partial charge is 0.315 e. The van der Waals surface area contributed by atoms with Crippen LogP contribution in [-0.2, 0) is 28.5 Å². The number of carboxylic acid groups (broad SMARTS) is 1. The summed E-state index contributed by atoms with van der Waals surface area (Å²) in [7, 11) is 0. The molecule has 0 unspecified atom stereocenters. The lowest BCUT2D eigenvalue weighted by atomic mass is 9.43. The minimum atomic E-state index is -1.22. The molecule has 6 rings (SSSR count). The molecule has 7 nitrogen and oxygen atoms in total. The number of carboxylic acids is 1. The predicted molar refractivity (Wildman–Crippen MR) is 131 cm³/mol. The normalized spacial score (nSPS) is 52.2. The van der Waals surface area contributed by atoms with Gasteiger partial charge < -0.3 is 28.8 Å². The number of hydrogen-bond donors (Lipinski definition) is 1. The second-order valence-electron chi connectivity index (χ2n) is 13.4. The Morgan fingerprint density at radius 1 is 1.22 bits per heavy atom. The number of allylic oxidation sites excluding steroid dienone is 1. The van der Waals surface area contributed by atoms with Crippen LogP contribution in [0.25, 0.3) is 0 Å². The second kappa shape index (κ2) is 7.87. The zero-order valence-electron chi connectivity index (χ0n) is 22.5. The highest BCUT2D eigenvalue weighted by Crippen LogP contribution is 2.82. The Morgan fingerprint density at radius 2 is 1.97 bits per heavy atom. The fraction of sp³-hybridized carbons (Fsp3) is 0.862. The predicted octanol–water partition coefficient (Wildman–Crippen LogP) is 4.58. The van der Waals surface area contributed by atoms with E-state index < -0.39 is 34.3 Å². The molecule has 2 heterocycles. The summed E-state index contributed by atoms with van der Waals surface area (Å²) in [5.74, 6) is -0.471. The van der Waals surface area contributed by atoms with Gasteiger partial charge in [-0.3, -0.25) is 4.79 Å². The molecule has 0 radical (unpaired) electrons. The molecule has 5 fully saturated rings. The minimum absolute atomic E-state index is 0.0211. The van der Waals surface area contributed by atoms with Gasteiger partial charge in [0.2, 0.25) is 0 Å². The van der Waals surface area contributed by atoms with Gasteiger partial charge in [-0.25, -0.2) is 0 Å². The summed E-state index contributed by atoms with van der Waals surface area (Å²) >= 11 is 0. The van der Waals surface area contributed by atoms with Crippen molar-refractivity contribution in [3.63, 3.8) is 0 Å². The van der Waals surface area contributed by atoms with E-state index in [2.05, 4.69) is 26.8 Å². The van der Waals surface area contributed by atoms with E-state index in [4.69, 9.17) is 18.9 Å². The fourth-order valence-electron chi connectivity index (χ4n) is 9.99. The van der Waals surface area contributed by atoms with Gasteiger partial charge in [-0.05, 0) is 69.6 Å². The van der Waals surface area contributed by atoms with Gasteiger partial charge in [-0.15, -0.1) is 0 Å². The number of carbonyl (C=O) groups excluding carboxylic acids is 1. The van der Waals surface area contributed by atoms with Gasteiger partial charge in [0.05, 0.1) is 24.2 Å². The zero-order valence-corrected chi connectivity index (χ0v) is 22.5. The Morgan fingerprint density at radius 3 is 2.64 bits per heavy atom. The molecule has 7 heteroatoms. The standard InChI is InChI=1S/C29H42O7/c1-15(2)21-9-18-11-27(13-30)20-8-7-16(3)19(20)12-28(18,29(21,27)25(31)32)14-33-23-10-22-24(17(4)34-23)36-26(5,6)35-22/h9,13,15-20,22-24H,7-8,10-12,14H2,1-6H3,(H,31,32)/t16-,17-,18-,19-,20-,22+,23-,24-,27-,28+,29+/m1/s1. The van der Waals surface area contributed by atoms with E-state index in [0.717, 1.165) is 31.1 Å². The summed E-state index contributed by atoms with van der Waals surface area (Å²) in [5, 5.41) is 11.1. The number of aldehydes is 1. The van der Waals surface area contributed by atoms with Crippen molar-refractivity contribution in [2.45, 2.75) is 104 Å². The van der Waals surface area contributed by atoms with Gasteiger partial charge in [-0.2, -0.15) is 0 Å². The summed E-state index contributed by atoms with van der Waals surface area (Å²) in [4.78, 5) is 26.7. The lowest BCUT2D eigenvalue weighted by Crippen LogP contribution is -2.63. The first-order valence-corrected chi connectivity index (χ1v) is 14.0. The SMILES string of the molecule is CC(C)C1=C[C@@H]2C[C@@]3(C=O)[C@@H]4CC[C@@H](C)[C@H]4C[C@@]2(CO[C@H]2C[C@@H]4OC(C)(C)O[C@@H]4[C@@H](C)O2)[C@]13C(=O)O. The summed E-state index contributed by atoms with van der Waals surface area (Å²) in [6.07, 6.45) is 6.29. The van der Waals surface area contributed by atoms with Crippen LogP contribution < -0.4 is 0 Å². The molecule has 11 atom stereocenters. The van der Waals surface area contributed by atoms with Crippen LogP contribution in [0.2, 0.25) is 0 Å². The van der Waals surface area contributed by atoms with Crippen LogP contribution in [0.4, 0.5) is 0 Å². The molecule has 200 valence electrons. The average molecular weight is 503 g/mol. The van der Waals surface area contributed by atoms with E-state index in [9.17, 15) is 14.7 Å². The Kier molecular flexibility index (Phi) is 5.47. The van der Waals surface area contributed by atoms with Crippen LogP contribution >= 0.6 is 0 Å². The molecule has 0 aromatic carbocycles. The number of fused-ring (bicyclic) bond motifs is 3. The molecule has 2 aliphatic heterocycles. The van der Waals surface area contributed by atoms with Crippen molar-refractivity contribution >= 4 is 12.3 Å². The molecule has 2 saturated heterocycles. The fourth-order valence-corrected chi connectivity index (χ4v) is 9.99. The second-order valence-corrected chi connectivity index (χ2v) is 13.4. The van der Waals surface area contributed by atoms with Crippen molar-refractivity contribution in [2.75, 3.05) is 6.61 Å². The first-order chi connectivity index (χ1) is 16.9. The molecule has 6 aliphatic rings. The summed E-state index contributed by atoms with van der Waals surface area (Å²) in [6, 6.07) is 0. The van der Waals surface area contributed by atoms with E-state index >= 15 is 0 Å². The van der Waals surface area contributed by atoms with Gasteiger partial charge in [0.15, 0.2) is 12.1 Å². The molecular formula is C29H42O7. The van der Waals surface area contributed by atoms with Gasteiger partial charge in [-0.1, -0.05) is 38.8 Å². The minimum Gasteiger partial charge on any atom is -0.481 e. The molecule has 0 aromatic rings. The lowest BCUT2D eigenvalue weighted by Gasteiger charge is -2.58. The van der Waals surface area contributed by atoms with Crippen molar-refractivity contribution in [2.24, 2.45) is 45.8 Å². The Hall–Kier alpha value is -1.28. The first kappa shape index (κ1) is 25.0. The number of ether oxygens (including phenoxy) is 4. The molecule has 36 heavy (non-hydrogen) atoms. The molecule has 1 N–H and O–H groups in total. The van der Waals surface area contributed by atoms with Crippen molar-refractivity contribution < 1.29 is 33.6 Å². The summed E-state index contributed by atoms with van der Waals surface area (Å²) in [6.45, 7) is 12.5. The zero-order chi connectivity index (χ0) is 25.8. The quantitative estimate of drug-likeness (QED) is 0.420. The maximum Gasteiger partial charge on any atom is 0.315 e. The Bertz CT molecular complexity index is 988. The number of hydrogen-bond acceptors (Lipinski definition) is 6. The molecule has 0 amide bonds. The van der Waals surface area contributed by atoms with Gasteiger partial charge in [0.1, 0.15) is 17.8 Å². The highest BCUT2D eigenvalue weighted by Gasteiger charge is 2.84. The van der Waals surface area contributed by atoms with Gasteiger partial charge >= 0.3 is 5.97 Å². The van der Waals surface area contributed by atoms with Gasteiger partial charge in [0.25, 0.3) is 0 Å². The highest BCUT2D eigenvalue weighted by molar-refractivity contribution is 5.90. The molecule has 4 bridgehead atoms. The largest absolute Gasteiger partial charge is 0.481 e. The first-order valence-electron chi connectivity index (χ1n) is 14.0. The van der Waals surface area contributed by atoms with Crippen LogP contribution in [0.5, 0.6) is 0 Å². The number of rotatable bonds is 6. The van der Waals surface area contributed by atoms with E-state index in [1.54, 1.807) is 0 Å². The van der Waals surface area contributed by atoms with Crippen LogP contribution in [0.1, 0.15) is 73.6 Å². The number of aliphatic carboxylic acids is 1. The van der Waals surface area contributed by atoms with Crippen LogP contribution in [-0.4, -0.2) is 54.4 Å². The van der Waals surface area contributed by atoms with Crippen LogP contribution in [0.15, 0.2) is 11.6 Å². The third-order valence-corrected chi connectivity index (χ3v) is 11.1. The lowest BCUT2D eigenvalue weighted by molar-refractivity contribution is -0.248. The molecule has 3 saturated carbocycles. The van der Waals surface area contributed by atoms with Crippen LogP contribution in [0, 0.1) is 45.8 Å². The maximum atomic E-state index is 13.6. The van der Waals surface area contributed by atoms with Gasteiger partial charge in [0, 0.05) is 11.8 Å². The van der Waals surface area contributed by atoms with E-state index in [0.29, 0.717) is 24.7 Å². The summed E-state index contributed by atoms with van der Waals surface area (Å²) in [5.41, 5.74) is -1.79. The Balaban J connectivity index is 1.37. The average Bonchev–Trinajstić information content (AvgIpc) is 3.47. The molecule has 4 aliphatic carbocycles. The van der Waals surface area contributed by atoms with Crippen molar-refractivity contribution in [1.29, 1.82) is 0 Å². The number of carbonyl (C=O) groups is 2. The summed E-state index contributed by atoms with van der Waals surface area (Å²) < 4.78 is 25.0. The molecule has 0 aromatic heterocycles. The van der Waals surface area contributed by atoms with Crippen LogP contribution in [0.3, 0.4) is 0 Å².